The number of phenols is 1. The van der Waals surface area contributed by atoms with Crippen LogP contribution in [0.1, 0.15) is 20.3 Å². The number of sulfonamides is 1. The fourth-order valence-corrected chi connectivity index (χ4v) is 4.11. The highest BCUT2D eigenvalue weighted by molar-refractivity contribution is 7.89. The summed E-state index contributed by atoms with van der Waals surface area (Å²) < 4.78 is 26.2. The summed E-state index contributed by atoms with van der Waals surface area (Å²) >= 11 is 0. The molecule has 0 aromatic heterocycles. The van der Waals surface area contributed by atoms with Crippen LogP contribution in [0.5, 0.6) is 5.75 Å². The monoisotopic (exact) mass is 255 g/mol. The molecule has 1 heterocycles. The third kappa shape index (κ3) is 2.30. The van der Waals surface area contributed by atoms with Gasteiger partial charge in [0.05, 0.1) is 4.90 Å². The van der Waals surface area contributed by atoms with Crippen LogP contribution in [0.3, 0.4) is 0 Å². The maximum Gasteiger partial charge on any atom is 0.243 e. The fourth-order valence-electron chi connectivity index (χ4n) is 2.35. The first-order valence-corrected chi connectivity index (χ1v) is 7.16. The predicted octanol–water partition coefficient (Wildman–Crippen LogP) is 1.81. The van der Waals surface area contributed by atoms with Crippen LogP contribution in [0.15, 0.2) is 29.2 Å². The van der Waals surface area contributed by atoms with Gasteiger partial charge < -0.3 is 5.11 Å². The summed E-state index contributed by atoms with van der Waals surface area (Å²) in [5.41, 5.74) is 0. The summed E-state index contributed by atoms with van der Waals surface area (Å²) in [7, 11) is -3.42. The largest absolute Gasteiger partial charge is 0.508 e. The van der Waals surface area contributed by atoms with Crippen LogP contribution in [0.2, 0.25) is 0 Å². The van der Waals surface area contributed by atoms with Gasteiger partial charge in [-0.2, -0.15) is 4.31 Å². The van der Waals surface area contributed by atoms with Crippen molar-refractivity contribution in [3.8, 4) is 5.75 Å². The Hall–Kier alpha value is -1.07. The summed E-state index contributed by atoms with van der Waals surface area (Å²) in [5.74, 6) is 0.476. The number of hydrogen-bond acceptors (Lipinski definition) is 3. The molecule has 2 unspecified atom stereocenters. The molecule has 0 saturated carbocycles. The first-order chi connectivity index (χ1) is 7.91. The fraction of sp³-hybridized carbons (Fsp3) is 0.500. The maximum absolute atomic E-state index is 12.3. The van der Waals surface area contributed by atoms with E-state index in [0.717, 1.165) is 6.42 Å². The van der Waals surface area contributed by atoms with Gasteiger partial charge in [0.15, 0.2) is 0 Å². The summed E-state index contributed by atoms with van der Waals surface area (Å²) in [4.78, 5) is 0.247. The van der Waals surface area contributed by atoms with Crippen LogP contribution in [0.25, 0.3) is 0 Å². The molecule has 0 radical (unpaired) electrons. The Morgan fingerprint density at radius 2 is 1.82 bits per heavy atom. The number of rotatable bonds is 2. The Kier molecular flexibility index (Phi) is 3.14. The molecule has 1 aliphatic heterocycles. The minimum atomic E-state index is -3.42. The zero-order valence-corrected chi connectivity index (χ0v) is 10.8. The molecular weight excluding hydrogens is 238 g/mol. The minimum absolute atomic E-state index is 0.0452. The van der Waals surface area contributed by atoms with Gasteiger partial charge >= 0.3 is 0 Å². The number of nitrogens with zero attached hydrogens (tertiary/aromatic N) is 1. The van der Waals surface area contributed by atoms with Gasteiger partial charge in [0.2, 0.25) is 10.0 Å². The van der Waals surface area contributed by atoms with Gasteiger partial charge in [0, 0.05) is 12.6 Å². The molecule has 2 atom stereocenters. The molecule has 1 aromatic carbocycles. The van der Waals surface area contributed by atoms with Crippen LogP contribution in [0.4, 0.5) is 0 Å². The standard InChI is InChI=1S/C12H17NO3S/c1-9-7-10(2)13(8-9)17(15,16)12-5-3-11(14)4-6-12/h3-6,9-10,14H,7-8H2,1-2H3. The third-order valence-corrected chi connectivity index (χ3v) is 5.16. The van der Waals surface area contributed by atoms with E-state index in [1.807, 2.05) is 6.92 Å². The number of phenolic OH excluding ortho intramolecular Hbond substituents is 1. The summed E-state index contributed by atoms with van der Waals surface area (Å²) in [6, 6.07) is 5.73. The Balaban J connectivity index is 2.33. The highest BCUT2D eigenvalue weighted by atomic mass is 32.2. The third-order valence-electron chi connectivity index (χ3n) is 3.17. The lowest BCUT2D eigenvalue weighted by molar-refractivity contribution is 0.405. The van der Waals surface area contributed by atoms with Crippen molar-refractivity contribution in [2.75, 3.05) is 6.54 Å². The topological polar surface area (TPSA) is 57.6 Å². The normalized spacial score (nSPS) is 26.2. The molecule has 94 valence electrons. The highest BCUT2D eigenvalue weighted by Crippen LogP contribution is 2.29. The molecule has 1 fully saturated rings. The molecule has 1 N–H and O–H groups in total. The summed E-state index contributed by atoms with van der Waals surface area (Å²) in [6.45, 7) is 4.56. The molecule has 0 aliphatic carbocycles. The Labute approximate surface area is 102 Å². The Bertz CT molecular complexity index is 495. The van der Waals surface area contributed by atoms with Crippen LogP contribution < -0.4 is 0 Å². The zero-order chi connectivity index (χ0) is 12.6. The van der Waals surface area contributed by atoms with Gasteiger partial charge in [-0.3, -0.25) is 0 Å². The molecule has 5 heteroatoms. The molecule has 1 aliphatic rings. The van der Waals surface area contributed by atoms with E-state index in [4.69, 9.17) is 0 Å². The molecule has 0 spiro atoms. The molecule has 4 nitrogen and oxygen atoms in total. The SMILES string of the molecule is CC1CC(C)N(S(=O)(=O)c2ccc(O)cc2)C1. The lowest BCUT2D eigenvalue weighted by Gasteiger charge is -2.20. The van der Waals surface area contributed by atoms with Crippen molar-refractivity contribution in [3.05, 3.63) is 24.3 Å². The molecular formula is C12H17NO3S. The number of benzene rings is 1. The molecule has 1 aromatic rings. The average Bonchev–Trinajstić information content (AvgIpc) is 2.59. The molecule has 17 heavy (non-hydrogen) atoms. The van der Waals surface area contributed by atoms with Crippen molar-refractivity contribution in [2.24, 2.45) is 5.92 Å². The van der Waals surface area contributed by atoms with Gasteiger partial charge in [-0.25, -0.2) is 8.42 Å². The Morgan fingerprint density at radius 3 is 2.29 bits per heavy atom. The van der Waals surface area contributed by atoms with Crippen molar-refractivity contribution < 1.29 is 13.5 Å². The second-order valence-corrected chi connectivity index (χ2v) is 6.65. The van der Waals surface area contributed by atoms with Crippen molar-refractivity contribution in [1.29, 1.82) is 0 Å². The minimum Gasteiger partial charge on any atom is -0.508 e. The van der Waals surface area contributed by atoms with Crippen LogP contribution in [-0.4, -0.2) is 30.4 Å². The van der Waals surface area contributed by atoms with Gasteiger partial charge in [-0.05, 0) is 43.5 Å². The first-order valence-electron chi connectivity index (χ1n) is 5.72. The van der Waals surface area contributed by atoms with Crippen LogP contribution in [-0.2, 0) is 10.0 Å². The molecule has 0 amide bonds. The maximum atomic E-state index is 12.3. The van der Waals surface area contributed by atoms with E-state index in [0.29, 0.717) is 12.5 Å². The quantitative estimate of drug-likeness (QED) is 0.877. The van der Waals surface area contributed by atoms with E-state index in [1.165, 1.54) is 24.3 Å². The van der Waals surface area contributed by atoms with Gasteiger partial charge in [-0.1, -0.05) is 6.92 Å². The molecule has 1 saturated heterocycles. The van der Waals surface area contributed by atoms with E-state index in [9.17, 15) is 13.5 Å². The van der Waals surface area contributed by atoms with E-state index in [-0.39, 0.29) is 16.7 Å². The summed E-state index contributed by atoms with van der Waals surface area (Å²) in [5, 5.41) is 9.17. The van der Waals surface area contributed by atoms with E-state index in [2.05, 4.69) is 6.92 Å². The first kappa shape index (κ1) is 12.4. The van der Waals surface area contributed by atoms with Crippen molar-refractivity contribution in [1.82, 2.24) is 4.31 Å². The van der Waals surface area contributed by atoms with Crippen molar-refractivity contribution >= 4 is 10.0 Å². The summed E-state index contributed by atoms with van der Waals surface area (Å²) in [6.07, 6.45) is 0.900. The van der Waals surface area contributed by atoms with E-state index < -0.39 is 10.0 Å². The van der Waals surface area contributed by atoms with Crippen LogP contribution >= 0.6 is 0 Å². The predicted molar refractivity (Wildman–Crippen MR) is 65.2 cm³/mol. The second kappa shape index (κ2) is 4.31. The molecule has 0 bridgehead atoms. The molecule has 2 rings (SSSR count). The van der Waals surface area contributed by atoms with Crippen LogP contribution in [0, 0.1) is 5.92 Å². The van der Waals surface area contributed by atoms with E-state index >= 15 is 0 Å². The second-order valence-electron chi connectivity index (χ2n) is 4.76. The van der Waals surface area contributed by atoms with E-state index in [1.54, 1.807) is 4.31 Å². The Morgan fingerprint density at radius 1 is 1.24 bits per heavy atom. The average molecular weight is 255 g/mol. The van der Waals surface area contributed by atoms with Gasteiger partial charge in [0.1, 0.15) is 5.75 Å². The number of aromatic hydroxyl groups is 1. The number of hydrogen-bond donors (Lipinski definition) is 1. The smallest absolute Gasteiger partial charge is 0.243 e. The zero-order valence-electron chi connectivity index (χ0n) is 10.00. The van der Waals surface area contributed by atoms with Gasteiger partial charge in [-0.15, -0.1) is 0 Å². The van der Waals surface area contributed by atoms with Gasteiger partial charge in [0.25, 0.3) is 0 Å². The van der Waals surface area contributed by atoms with Crippen molar-refractivity contribution in [3.63, 3.8) is 0 Å². The highest BCUT2D eigenvalue weighted by Gasteiger charge is 2.35. The van der Waals surface area contributed by atoms with Crippen molar-refractivity contribution in [2.45, 2.75) is 31.2 Å². The lowest BCUT2D eigenvalue weighted by Crippen LogP contribution is -2.33. The lowest BCUT2D eigenvalue weighted by atomic mass is 10.1.